The van der Waals surface area contributed by atoms with Crippen LogP contribution in [-0.2, 0) is 13.6 Å². The number of aryl methyl sites for hydroxylation is 1. The van der Waals surface area contributed by atoms with Gasteiger partial charge in [-0.1, -0.05) is 18.2 Å². The minimum atomic E-state index is -0.979. The highest BCUT2D eigenvalue weighted by atomic mass is 79.9. The van der Waals surface area contributed by atoms with Crippen LogP contribution in [0.4, 0.5) is 4.39 Å². The molecule has 0 aliphatic carbocycles. The number of halogens is 2. The molecule has 7 heteroatoms. The molecule has 0 radical (unpaired) electrons. The van der Waals surface area contributed by atoms with Crippen LogP contribution in [0.15, 0.2) is 46.0 Å². The maximum absolute atomic E-state index is 13.8. The van der Waals surface area contributed by atoms with Crippen LogP contribution in [0.5, 0.6) is 0 Å². The van der Waals surface area contributed by atoms with Gasteiger partial charge in [-0.2, -0.15) is 0 Å². The van der Waals surface area contributed by atoms with Crippen molar-refractivity contribution in [1.82, 2.24) is 14.8 Å². The number of aromatic nitrogens is 1. The zero-order chi connectivity index (χ0) is 18.4. The Bertz CT molecular complexity index is 732. The van der Waals surface area contributed by atoms with Gasteiger partial charge in [0.25, 0.3) is 0 Å². The fourth-order valence-corrected chi connectivity index (χ4v) is 3.10. The molecule has 0 fully saturated rings. The number of nitrogens with one attached hydrogen (secondary N) is 1. The van der Waals surface area contributed by atoms with E-state index >= 15 is 0 Å². The van der Waals surface area contributed by atoms with E-state index in [1.165, 1.54) is 6.07 Å². The molecular formula is C18H24BrFN4O. The first kappa shape index (κ1) is 19.5. The molecule has 1 heterocycles. The molecule has 0 saturated carbocycles. The standard InChI is InChI=1S/C18H24BrFN4O/c1-4-21-18(24(3)12-14-9-13(19)11-23(14)2)22-10-17(25)15-7-5-6-8-16(15)20/h5-9,11,17,25H,4,10,12H2,1-3H3,(H,21,22). The maximum Gasteiger partial charge on any atom is 0.194 e. The van der Waals surface area contributed by atoms with E-state index in [2.05, 4.69) is 26.2 Å². The summed E-state index contributed by atoms with van der Waals surface area (Å²) < 4.78 is 16.8. The molecular weight excluding hydrogens is 387 g/mol. The lowest BCUT2D eigenvalue weighted by molar-refractivity contribution is 0.181. The zero-order valence-corrected chi connectivity index (χ0v) is 16.3. The molecule has 2 rings (SSSR count). The van der Waals surface area contributed by atoms with Crippen molar-refractivity contribution in [3.05, 3.63) is 58.1 Å². The summed E-state index contributed by atoms with van der Waals surface area (Å²) in [6.07, 6.45) is 1.02. The first-order chi connectivity index (χ1) is 11.9. The Morgan fingerprint density at radius 3 is 2.76 bits per heavy atom. The number of hydrogen-bond acceptors (Lipinski definition) is 2. The van der Waals surface area contributed by atoms with Crippen molar-refractivity contribution in [3.63, 3.8) is 0 Å². The molecule has 1 aromatic heterocycles. The van der Waals surface area contributed by atoms with E-state index in [0.29, 0.717) is 19.0 Å². The van der Waals surface area contributed by atoms with Crippen molar-refractivity contribution in [3.8, 4) is 0 Å². The molecule has 0 aliphatic heterocycles. The van der Waals surface area contributed by atoms with Crippen molar-refractivity contribution in [2.24, 2.45) is 12.0 Å². The van der Waals surface area contributed by atoms with Crippen molar-refractivity contribution in [2.75, 3.05) is 20.1 Å². The lowest BCUT2D eigenvalue weighted by atomic mass is 10.1. The molecule has 5 nitrogen and oxygen atoms in total. The summed E-state index contributed by atoms with van der Waals surface area (Å²) in [5.41, 5.74) is 1.38. The summed E-state index contributed by atoms with van der Waals surface area (Å²) in [5, 5.41) is 13.4. The number of guanidine groups is 1. The van der Waals surface area contributed by atoms with E-state index in [9.17, 15) is 9.50 Å². The Hall–Kier alpha value is -1.86. The van der Waals surface area contributed by atoms with Gasteiger partial charge in [-0.05, 0) is 35.0 Å². The number of aliphatic imine (C=N–C) groups is 1. The molecule has 0 spiro atoms. The highest BCUT2D eigenvalue weighted by Crippen LogP contribution is 2.17. The lowest BCUT2D eigenvalue weighted by Crippen LogP contribution is -2.39. The van der Waals surface area contributed by atoms with Gasteiger partial charge in [0.2, 0.25) is 0 Å². The molecule has 2 N–H and O–H groups in total. The Morgan fingerprint density at radius 1 is 1.44 bits per heavy atom. The van der Waals surface area contributed by atoms with E-state index in [0.717, 1.165) is 10.2 Å². The van der Waals surface area contributed by atoms with Gasteiger partial charge < -0.3 is 19.9 Å². The van der Waals surface area contributed by atoms with Crippen molar-refractivity contribution >= 4 is 21.9 Å². The molecule has 25 heavy (non-hydrogen) atoms. The topological polar surface area (TPSA) is 52.8 Å². The lowest BCUT2D eigenvalue weighted by Gasteiger charge is -2.23. The average Bonchev–Trinajstić information content (AvgIpc) is 2.88. The van der Waals surface area contributed by atoms with Crippen LogP contribution in [0.25, 0.3) is 0 Å². The van der Waals surface area contributed by atoms with Gasteiger partial charge in [0.15, 0.2) is 5.96 Å². The predicted octanol–water partition coefficient (Wildman–Crippen LogP) is 3.06. The summed E-state index contributed by atoms with van der Waals surface area (Å²) in [6, 6.07) is 8.27. The van der Waals surface area contributed by atoms with Gasteiger partial charge in [0.1, 0.15) is 11.9 Å². The van der Waals surface area contributed by atoms with Crippen LogP contribution in [0.3, 0.4) is 0 Å². The van der Waals surface area contributed by atoms with Crippen molar-refractivity contribution in [1.29, 1.82) is 0 Å². The van der Waals surface area contributed by atoms with Crippen LogP contribution in [0, 0.1) is 5.82 Å². The van der Waals surface area contributed by atoms with E-state index in [1.807, 2.05) is 42.7 Å². The van der Waals surface area contributed by atoms with E-state index in [-0.39, 0.29) is 12.1 Å². The number of aliphatic hydroxyl groups excluding tert-OH is 1. The Labute approximate surface area is 156 Å². The molecule has 0 amide bonds. The fraction of sp³-hybridized carbons (Fsp3) is 0.389. The molecule has 136 valence electrons. The number of rotatable bonds is 6. The second-order valence-corrected chi connectivity index (χ2v) is 6.76. The summed E-state index contributed by atoms with van der Waals surface area (Å²) in [4.78, 5) is 6.43. The van der Waals surface area contributed by atoms with Gasteiger partial charge in [0, 0.05) is 42.6 Å². The molecule has 0 bridgehead atoms. The fourth-order valence-electron chi connectivity index (χ4n) is 2.53. The summed E-state index contributed by atoms with van der Waals surface area (Å²) in [5.74, 6) is 0.243. The molecule has 1 unspecified atom stereocenters. The van der Waals surface area contributed by atoms with Crippen LogP contribution >= 0.6 is 15.9 Å². The SMILES string of the molecule is CCNC(=NCC(O)c1ccccc1F)N(C)Cc1cc(Br)cn1C. The first-order valence-corrected chi connectivity index (χ1v) is 8.94. The highest BCUT2D eigenvalue weighted by molar-refractivity contribution is 9.10. The normalized spacial score (nSPS) is 13.0. The number of aliphatic hydroxyl groups is 1. The van der Waals surface area contributed by atoms with E-state index in [4.69, 9.17) is 0 Å². The van der Waals surface area contributed by atoms with Gasteiger partial charge in [-0.3, -0.25) is 4.99 Å². The Kier molecular flexibility index (Phi) is 7.01. The summed E-state index contributed by atoms with van der Waals surface area (Å²) in [6.45, 7) is 3.43. The van der Waals surface area contributed by atoms with Gasteiger partial charge in [0.05, 0.1) is 13.1 Å². The molecule has 0 aliphatic rings. The van der Waals surface area contributed by atoms with Crippen LogP contribution < -0.4 is 5.32 Å². The van der Waals surface area contributed by atoms with Crippen LogP contribution in [0.2, 0.25) is 0 Å². The third-order valence-electron chi connectivity index (χ3n) is 3.85. The predicted molar refractivity (Wildman–Crippen MR) is 102 cm³/mol. The molecule has 2 aromatic rings. The minimum Gasteiger partial charge on any atom is -0.386 e. The Morgan fingerprint density at radius 2 is 2.16 bits per heavy atom. The molecule has 1 aromatic carbocycles. The van der Waals surface area contributed by atoms with E-state index in [1.54, 1.807) is 18.2 Å². The summed E-state index contributed by atoms with van der Waals surface area (Å²) in [7, 11) is 3.91. The smallest absolute Gasteiger partial charge is 0.194 e. The zero-order valence-electron chi connectivity index (χ0n) is 14.7. The van der Waals surface area contributed by atoms with Crippen molar-refractivity contribution in [2.45, 2.75) is 19.6 Å². The quantitative estimate of drug-likeness (QED) is 0.568. The second kappa shape index (κ2) is 9.01. The number of benzene rings is 1. The third kappa shape index (κ3) is 5.31. The number of hydrogen-bond donors (Lipinski definition) is 2. The molecule has 1 atom stereocenters. The van der Waals surface area contributed by atoms with Crippen LogP contribution in [0.1, 0.15) is 24.3 Å². The van der Waals surface area contributed by atoms with Gasteiger partial charge in [-0.15, -0.1) is 0 Å². The Balaban J connectivity index is 2.09. The monoisotopic (exact) mass is 410 g/mol. The molecule has 0 saturated heterocycles. The van der Waals surface area contributed by atoms with Gasteiger partial charge in [-0.25, -0.2) is 4.39 Å². The van der Waals surface area contributed by atoms with Gasteiger partial charge >= 0.3 is 0 Å². The summed E-state index contributed by atoms with van der Waals surface area (Å²) >= 11 is 3.47. The first-order valence-electron chi connectivity index (χ1n) is 8.15. The van der Waals surface area contributed by atoms with Crippen LogP contribution in [-0.4, -0.2) is 40.7 Å². The average molecular weight is 411 g/mol. The number of nitrogens with zero attached hydrogens (tertiary/aromatic N) is 3. The van der Waals surface area contributed by atoms with E-state index < -0.39 is 11.9 Å². The highest BCUT2D eigenvalue weighted by Gasteiger charge is 2.14. The minimum absolute atomic E-state index is 0.0877. The maximum atomic E-state index is 13.8. The largest absolute Gasteiger partial charge is 0.386 e. The second-order valence-electron chi connectivity index (χ2n) is 5.85. The van der Waals surface area contributed by atoms with Crippen molar-refractivity contribution < 1.29 is 9.50 Å². The third-order valence-corrected chi connectivity index (χ3v) is 4.28.